The van der Waals surface area contributed by atoms with Crippen LogP contribution in [0.1, 0.15) is 72.2 Å². The number of benzene rings is 1. The van der Waals surface area contributed by atoms with E-state index in [4.69, 9.17) is 10.1 Å². The molecule has 1 N–H and O–H groups in total. The second-order valence-corrected chi connectivity index (χ2v) is 11.1. The highest BCUT2D eigenvalue weighted by Gasteiger charge is 2.32. The van der Waals surface area contributed by atoms with Gasteiger partial charge in [-0.25, -0.2) is 4.98 Å². The molecule has 2 atom stereocenters. The van der Waals surface area contributed by atoms with E-state index < -0.39 is 0 Å². The number of carbonyl (C=O) groups excluding carboxylic acids is 1. The molecule has 0 radical (unpaired) electrons. The molecule has 1 aromatic carbocycles. The standard InChI is InChI=1S/C29H39N7O/c1-20-8-10-22-11-9-21(2)30-12-16-33(3)28-19-26(34-13-6-14-34)31-27-18-24(32-36(27)28)25-7-4-5-15-35(25)29(37)23(22)17-20/h8,10,17-19,21,25,30H,4-7,9,11-16H2,1-3H3. The van der Waals surface area contributed by atoms with Crippen molar-refractivity contribution in [3.05, 3.63) is 52.7 Å². The fourth-order valence-electron chi connectivity index (χ4n) is 5.92. The largest absolute Gasteiger partial charge is 0.358 e. The van der Waals surface area contributed by atoms with E-state index in [0.29, 0.717) is 6.04 Å². The first kappa shape index (κ1) is 24.2. The number of fused-ring (bicyclic) bond motifs is 4. The normalized spacial score (nSPS) is 23.2. The van der Waals surface area contributed by atoms with E-state index in [9.17, 15) is 4.79 Å². The zero-order valence-corrected chi connectivity index (χ0v) is 22.4. The topological polar surface area (TPSA) is 69.0 Å². The van der Waals surface area contributed by atoms with Gasteiger partial charge in [0.2, 0.25) is 0 Å². The van der Waals surface area contributed by atoms with Crippen molar-refractivity contribution in [2.75, 3.05) is 49.6 Å². The van der Waals surface area contributed by atoms with Crippen molar-refractivity contribution < 1.29 is 4.79 Å². The van der Waals surface area contributed by atoms with Gasteiger partial charge in [-0.2, -0.15) is 9.61 Å². The van der Waals surface area contributed by atoms with Gasteiger partial charge in [0, 0.05) is 63.5 Å². The molecule has 0 saturated carbocycles. The van der Waals surface area contributed by atoms with Gasteiger partial charge in [0.25, 0.3) is 5.91 Å². The molecule has 0 aliphatic carbocycles. The molecule has 3 aliphatic heterocycles. The molecule has 2 bridgehead atoms. The fourth-order valence-corrected chi connectivity index (χ4v) is 5.92. The molecule has 1 amide bonds. The molecule has 37 heavy (non-hydrogen) atoms. The van der Waals surface area contributed by atoms with Gasteiger partial charge in [-0.1, -0.05) is 17.7 Å². The zero-order chi connectivity index (χ0) is 25.5. The second-order valence-electron chi connectivity index (χ2n) is 11.1. The van der Waals surface area contributed by atoms with E-state index in [1.807, 2.05) is 4.52 Å². The number of aromatic nitrogens is 3. The summed E-state index contributed by atoms with van der Waals surface area (Å²) >= 11 is 0. The van der Waals surface area contributed by atoms with Crippen LogP contribution in [-0.2, 0) is 6.42 Å². The van der Waals surface area contributed by atoms with Gasteiger partial charge < -0.3 is 20.0 Å². The van der Waals surface area contributed by atoms with Crippen molar-refractivity contribution in [2.45, 2.75) is 64.5 Å². The minimum atomic E-state index is -0.0320. The third-order valence-corrected chi connectivity index (χ3v) is 8.37. The highest BCUT2D eigenvalue weighted by atomic mass is 16.2. The molecule has 3 aliphatic rings. The highest BCUT2D eigenvalue weighted by Crippen LogP contribution is 2.34. The number of likely N-dealkylation sites (N-methyl/N-ethyl adjacent to an activating group) is 1. The van der Waals surface area contributed by atoms with Crippen LogP contribution in [0.5, 0.6) is 0 Å². The number of carbonyl (C=O) groups is 1. The quantitative estimate of drug-likeness (QED) is 0.544. The predicted molar refractivity (Wildman–Crippen MR) is 148 cm³/mol. The van der Waals surface area contributed by atoms with Gasteiger partial charge in [0.05, 0.1) is 11.7 Å². The summed E-state index contributed by atoms with van der Waals surface area (Å²) in [6.45, 7) is 8.94. The van der Waals surface area contributed by atoms with Crippen LogP contribution in [0.25, 0.3) is 5.65 Å². The Hall–Kier alpha value is -3.13. The van der Waals surface area contributed by atoms with Crippen LogP contribution in [0, 0.1) is 6.92 Å². The number of piperidine rings is 1. The Morgan fingerprint density at radius 3 is 2.68 bits per heavy atom. The SMILES string of the molecule is Cc1ccc2c(c1)C(=O)N1CCCCC1c1cc3nc(N4CCC4)cc(n3n1)N(C)CCNC(C)CC2. The van der Waals surface area contributed by atoms with Gasteiger partial charge in [0.15, 0.2) is 5.65 Å². The number of rotatable bonds is 1. The smallest absolute Gasteiger partial charge is 0.254 e. The van der Waals surface area contributed by atoms with Crippen LogP contribution in [-0.4, -0.2) is 71.2 Å². The second kappa shape index (κ2) is 9.97. The fraction of sp³-hybridized carbons (Fsp3) is 0.552. The molecule has 8 nitrogen and oxygen atoms in total. The summed E-state index contributed by atoms with van der Waals surface area (Å²) in [5, 5.41) is 8.80. The Morgan fingerprint density at radius 2 is 1.86 bits per heavy atom. The number of aryl methyl sites for hydroxylation is 2. The molecule has 2 saturated heterocycles. The molecular weight excluding hydrogens is 462 g/mol. The maximum atomic E-state index is 14.1. The Labute approximate surface area is 219 Å². The Bertz CT molecular complexity index is 1300. The number of nitrogens with one attached hydrogen (secondary N) is 1. The van der Waals surface area contributed by atoms with E-state index in [-0.39, 0.29) is 11.9 Å². The number of nitrogens with zero attached hydrogens (tertiary/aromatic N) is 6. The number of hydrogen-bond donors (Lipinski definition) is 1. The third-order valence-electron chi connectivity index (χ3n) is 8.37. The van der Waals surface area contributed by atoms with Crippen LogP contribution in [0.2, 0.25) is 0 Å². The minimum Gasteiger partial charge on any atom is -0.358 e. The van der Waals surface area contributed by atoms with Crippen LogP contribution in [0.4, 0.5) is 11.6 Å². The summed E-state index contributed by atoms with van der Waals surface area (Å²) in [5.41, 5.74) is 4.94. The van der Waals surface area contributed by atoms with Gasteiger partial charge >= 0.3 is 0 Å². The Kier molecular flexibility index (Phi) is 6.53. The summed E-state index contributed by atoms with van der Waals surface area (Å²) < 4.78 is 1.99. The number of anilines is 2. The van der Waals surface area contributed by atoms with Gasteiger partial charge in [0.1, 0.15) is 11.6 Å². The lowest BCUT2D eigenvalue weighted by Gasteiger charge is -2.35. The van der Waals surface area contributed by atoms with Crippen molar-refractivity contribution in [1.29, 1.82) is 0 Å². The highest BCUT2D eigenvalue weighted by molar-refractivity contribution is 5.96. The average molecular weight is 502 g/mol. The van der Waals surface area contributed by atoms with E-state index >= 15 is 0 Å². The molecule has 3 aromatic rings. The summed E-state index contributed by atoms with van der Waals surface area (Å²) in [5.74, 6) is 2.21. The summed E-state index contributed by atoms with van der Waals surface area (Å²) in [6.07, 6.45) is 6.16. The third kappa shape index (κ3) is 4.67. The first-order valence-electron chi connectivity index (χ1n) is 14.0. The average Bonchev–Trinajstić information content (AvgIpc) is 3.29. The van der Waals surface area contributed by atoms with Crippen LogP contribution >= 0.6 is 0 Å². The lowest BCUT2D eigenvalue weighted by molar-refractivity contribution is 0.0604. The maximum Gasteiger partial charge on any atom is 0.254 e. The molecule has 2 fully saturated rings. The molecular formula is C29H39N7O. The minimum absolute atomic E-state index is 0.0320. The summed E-state index contributed by atoms with van der Waals surface area (Å²) in [7, 11) is 2.14. The van der Waals surface area contributed by atoms with Gasteiger partial charge in [-0.3, -0.25) is 4.79 Å². The first-order chi connectivity index (χ1) is 18.0. The molecule has 2 unspecified atom stereocenters. The summed E-state index contributed by atoms with van der Waals surface area (Å²) in [6, 6.07) is 11.0. The molecule has 2 aromatic heterocycles. The number of amides is 1. The van der Waals surface area contributed by atoms with Crippen molar-refractivity contribution >= 4 is 23.2 Å². The Morgan fingerprint density at radius 1 is 1.00 bits per heavy atom. The van der Waals surface area contributed by atoms with E-state index in [0.717, 1.165) is 104 Å². The molecule has 5 heterocycles. The van der Waals surface area contributed by atoms with Crippen LogP contribution < -0.4 is 15.1 Å². The monoisotopic (exact) mass is 501 g/mol. The molecule has 6 rings (SSSR count). The number of hydrogen-bond acceptors (Lipinski definition) is 6. The lowest BCUT2D eigenvalue weighted by atomic mass is 9.94. The van der Waals surface area contributed by atoms with E-state index in [1.165, 1.54) is 6.42 Å². The molecule has 8 heteroatoms. The van der Waals surface area contributed by atoms with Crippen molar-refractivity contribution in [1.82, 2.24) is 24.8 Å². The lowest BCUT2D eigenvalue weighted by Crippen LogP contribution is -2.39. The zero-order valence-electron chi connectivity index (χ0n) is 22.4. The van der Waals surface area contributed by atoms with Crippen molar-refractivity contribution in [3.8, 4) is 0 Å². The predicted octanol–water partition coefficient (Wildman–Crippen LogP) is 3.98. The Balaban J connectivity index is 1.46. The van der Waals surface area contributed by atoms with Crippen LogP contribution in [0.15, 0.2) is 30.3 Å². The van der Waals surface area contributed by atoms with Gasteiger partial charge in [-0.15, -0.1) is 0 Å². The summed E-state index contributed by atoms with van der Waals surface area (Å²) in [4.78, 5) is 25.8. The van der Waals surface area contributed by atoms with Crippen molar-refractivity contribution in [2.24, 2.45) is 0 Å². The first-order valence-corrected chi connectivity index (χ1v) is 14.0. The van der Waals surface area contributed by atoms with E-state index in [2.05, 4.69) is 71.2 Å². The molecule has 0 spiro atoms. The molecule has 196 valence electrons. The van der Waals surface area contributed by atoms with Crippen molar-refractivity contribution in [3.63, 3.8) is 0 Å². The van der Waals surface area contributed by atoms with E-state index in [1.54, 1.807) is 0 Å². The van der Waals surface area contributed by atoms with Gasteiger partial charge in [-0.05, 0) is 64.0 Å². The van der Waals surface area contributed by atoms with Crippen LogP contribution in [0.3, 0.4) is 0 Å². The maximum absolute atomic E-state index is 14.1.